The highest BCUT2D eigenvalue weighted by molar-refractivity contribution is 7.99. The van der Waals surface area contributed by atoms with Crippen molar-refractivity contribution in [2.24, 2.45) is 0 Å². The van der Waals surface area contributed by atoms with Gasteiger partial charge in [-0.3, -0.25) is 0 Å². The van der Waals surface area contributed by atoms with Crippen LogP contribution in [0.15, 0.2) is 180 Å². The third-order valence-electron chi connectivity index (χ3n) is 9.85. The lowest BCUT2D eigenvalue weighted by atomic mass is 9.83. The second-order valence-electron chi connectivity index (χ2n) is 12.4. The molecule has 0 unspecified atom stereocenters. The molecule has 0 spiro atoms. The summed E-state index contributed by atoms with van der Waals surface area (Å²) in [6.07, 6.45) is 0. The van der Waals surface area contributed by atoms with Gasteiger partial charge in [0.15, 0.2) is 0 Å². The van der Waals surface area contributed by atoms with Gasteiger partial charge in [0, 0.05) is 15.2 Å². The van der Waals surface area contributed by atoms with Gasteiger partial charge in [-0.15, -0.1) is 0 Å². The van der Waals surface area contributed by atoms with E-state index in [2.05, 4.69) is 170 Å². The van der Waals surface area contributed by atoms with Gasteiger partial charge in [-0.2, -0.15) is 0 Å². The van der Waals surface area contributed by atoms with Crippen LogP contribution in [0.1, 0.15) is 0 Å². The zero-order valence-electron chi connectivity index (χ0n) is 25.6. The van der Waals surface area contributed by atoms with Crippen molar-refractivity contribution in [3.05, 3.63) is 170 Å². The van der Waals surface area contributed by atoms with E-state index in [1.807, 2.05) is 11.8 Å². The summed E-state index contributed by atoms with van der Waals surface area (Å²) in [5.41, 5.74) is 10.3. The molecule has 0 bridgehead atoms. The third kappa shape index (κ3) is 4.03. The summed E-state index contributed by atoms with van der Waals surface area (Å²) in [6.45, 7) is 0. The molecule has 0 aliphatic carbocycles. The quantitative estimate of drug-likeness (QED) is 0.179. The first-order valence-corrected chi connectivity index (χ1v) is 17.0. The van der Waals surface area contributed by atoms with Crippen LogP contribution in [-0.2, 0) is 0 Å². The Hall–Kier alpha value is -5.63. The second-order valence-corrected chi connectivity index (χ2v) is 13.5. The smallest absolute Gasteiger partial charge is 0.0207 e. The largest absolute Gasteiger partial charge is 0.0888 e. The predicted octanol–water partition coefficient (Wildman–Crippen LogP) is 13.4. The summed E-state index contributed by atoms with van der Waals surface area (Å²) in [7, 11) is 0. The highest BCUT2D eigenvalue weighted by atomic mass is 32.2. The minimum Gasteiger partial charge on any atom is -0.0888 e. The molecule has 0 atom stereocenters. The molecule has 218 valence electrons. The van der Waals surface area contributed by atoms with Crippen molar-refractivity contribution in [3.63, 3.8) is 0 Å². The minimum absolute atomic E-state index is 1.25. The van der Waals surface area contributed by atoms with E-state index in [-0.39, 0.29) is 0 Å². The summed E-state index contributed by atoms with van der Waals surface area (Å²) in [4.78, 5) is 2.64. The zero-order valence-corrected chi connectivity index (χ0v) is 26.4. The topological polar surface area (TPSA) is 0 Å². The second kappa shape index (κ2) is 10.5. The number of hydrogen-bond acceptors (Lipinski definition) is 1. The molecule has 10 rings (SSSR count). The summed E-state index contributed by atoms with van der Waals surface area (Å²) in [5.74, 6) is 0. The Labute approximate surface area is 278 Å². The van der Waals surface area contributed by atoms with Gasteiger partial charge in [-0.25, -0.2) is 0 Å². The van der Waals surface area contributed by atoms with Crippen molar-refractivity contribution in [1.29, 1.82) is 0 Å². The molecule has 0 nitrogen and oxygen atoms in total. The average molecular weight is 613 g/mol. The van der Waals surface area contributed by atoms with Gasteiger partial charge in [0.25, 0.3) is 0 Å². The molecule has 0 saturated carbocycles. The Morgan fingerprint density at radius 2 is 0.830 bits per heavy atom. The lowest BCUT2D eigenvalue weighted by Crippen LogP contribution is -1.95. The van der Waals surface area contributed by atoms with Crippen LogP contribution in [0.5, 0.6) is 0 Å². The predicted molar refractivity (Wildman–Crippen MR) is 202 cm³/mol. The highest BCUT2D eigenvalue weighted by Crippen LogP contribution is 2.51. The van der Waals surface area contributed by atoms with E-state index in [0.29, 0.717) is 0 Å². The van der Waals surface area contributed by atoms with Crippen LogP contribution < -0.4 is 0 Å². The van der Waals surface area contributed by atoms with Crippen molar-refractivity contribution < 1.29 is 0 Å². The van der Waals surface area contributed by atoms with Gasteiger partial charge in [0.2, 0.25) is 0 Å². The molecular formula is C46H28S. The van der Waals surface area contributed by atoms with Gasteiger partial charge in [0.1, 0.15) is 0 Å². The molecule has 0 saturated heterocycles. The Kier molecular flexibility index (Phi) is 5.91. The van der Waals surface area contributed by atoms with Gasteiger partial charge in [-0.1, -0.05) is 169 Å². The summed E-state index contributed by atoms with van der Waals surface area (Å²) in [5, 5.41) is 10.3. The van der Waals surface area contributed by atoms with Crippen LogP contribution >= 0.6 is 11.8 Å². The Morgan fingerprint density at radius 3 is 1.57 bits per heavy atom. The van der Waals surface area contributed by atoms with E-state index >= 15 is 0 Å². The molecule has 1 heterocycles. The van der Waals surface area contributed by atoms with Crippen LogP contribution in [0.3, 0.4) is 0 Å². The molecular weight excluding hydrogens is 585 g/mol. The SMILES string of the molecule is c1ccc(-c2c3ccccc3c(-c3ccc4c(c3)Sc3cccc5cccc-4c35)c3ccccc23)c(-c2cccc3ccccc23)c1. The van der Waals surface area contributed by atoms with Gasteiger partial charge < -0.3 is 0 Å². The zero-order chi connectivity index (χ0) is 30.9. The van der Waals surface area contributed by atoms with Gasteiger partial charge >= 0.3 is 0 Å². The van der Waals surface area contributed by atoms with Crippen LogP contribution in [0.2, 0.25) is 0 Å². The molecule has 1 heteroatoms. The lowest BCUT2D eigenvalue weighted by Gasteiger charge is -2.23. The van der Waals surface area contributed by atoms with E-state index in [1.54, 1.807) is 0 Å². The number of rotatable bonds is 3. The van der Waals surface area contributed by atoms with Crippen molar-refractivity contribution in [2.45, 2.75) is 9.79 Å². The fraction of sp³-hybridized carbons (Fsp3) is 0. The maximum Gasteiger partial charge on any atom is 0.0207 e. The molecule has 47 heavy (non-hydrogen) atoms. The molecule has 0 fully saturated rings. The maximum atomic E-state index is 2.42. The Morgan fingerprint density at radius 1 is 0.298 bits per heavy atom. The molecule has 9 aromatic carbocycles. The molecule has 0 N–H and O–H groups in total. The number of benzene rings is 9. The van der Waals surface area contributed by atoms with Crippen molar-refractivity contribution in [1.82, 2.24) is 0 Å². The summed E-state index contributed by atoms with van der Waals surface area (Å²) >= 11 is 1.90. The molecule has 0 aromatic heterocycles. The fourth-order valence-corrected chi connectivity index (χ4v) is 9.03. The van der Waals surface area contributed by atoms with Crippen molar-refractivity contribution in [3.8, 4) is 44.5 Å². The molecule has 0 radical (unpaired) electrons. The average Bonchev–Trinajstić information content (AvgIpc) is 3.13. The fourth-order valence-electron chi connectivity index (χ4n) is 7.85. The van der Waals surface area contributed by atoms with E-state index in [4.69, 9.17) is 0 Å². The molecule has 1 aliphatic rings. The van der Waals surface area contributed by atoms with Crippen LogP contribution in [0.25, 0.3) is 87.6 Å². The van der Waals surface area contributed by atoms with E-state index in [1.165, 1.54) is 97.4 Å². The highest BCUT2D eigenvalue weighted by Gasteiger charge is 2.22. The van der Waals surface area contributed by atoms with Crippen LogP contribution in [0.4, 0.5) is 0 Å². The Balaban J connectivity index is 1.24. The first kappa shape index (κ1) is 26.6. The number of hydrogen-bond donors (Lipinski definition) is 0. The van der Waals surface area contributed by atoms with Crippen LogP contribution in [-0.4, -0.2) is 0 Å². The lowest BCUT2D eigenvalue weighted by molar-refractivity contribution is 1.40. The first-order chi connectivity index (χ1) is 23.3. The van der Waals surface area contributed by atoms with E-state index in [0.717, 1.165) is 0 Å². The minimum atomic E-state index is 1.25. The molecule has 9 aromatic rings. The molecule has 1 aliphatic heterocycles. The van der Waals surface area contributed by atoms with Gasteiger partial charge in [0.05, 0.1) is 0 Å². The van der Waals surface area contributed by atoms with E-state index in [9.17, 15) is 0 Å². The summed E-state index contributed by atoms with van der Waals surface area (Å²) < 4.78 is 0. The van der Waals surface area contributed by atoms with Crippen LogP contribution in [0, 0.1) is 0 Å². The monoisotopic (exact) mass is 612 g/mol. The standard InChI is InChI=1S/C46H28S/c1-2-16-32-29(12-1)13-9-23-33(32)34-17-3-4-18-36(34)46-40-21-7-5-19-38(40)44(39-20-6-8-22-41(39)46)31-26-27-35-37-24-10-14-30-15-11-25-42(45(30)37)47-43(35)28-31/h1-28H. The first-order valence-electron chi connectivity index (χ1n) is 16.2. The maximum absolute atomic E-state index is 2.42. The van der Waals surface area contributed by atoms with E-state index < -0.39 is 0 Å². The third-order valence-corrected chi connectivity index (χ3v) is 11.0. The Bertz CT molecular complexity index is 2650. The summed E-state index contributed by atoms with van der Waals surface area (Å²) in [6, 6.07) is 62.7. The van der Waals surface area contributed by atoms with Crippen molar-refractivity contribution in [2.75, 3.05) is 0 Å². The molecule has 0 amide bonds. The van der Waals surface area contributed by atoms with Crippen molar-refractivity contribution >= 4 is 54.9 Å². The number of fused-ring (bicyclic) bond motifs is 5. The van der Waals surface area contributed by atoms with Gasteiger partial charge in [-0.05, 0) is 94.3 Å². The normalized spacial score (nSPS) is 12.2.